The molecule has 1 aromatic rings. The minimum atomic E-state index is -3.96. The lowest BCUT2D eigenvalue weighted by atomic mass is 10.2. The van der Waals surface area contributed by atoms with Crippen molar-refractivity contribution in [2.24, 2.45) is 0 Å². The topological polar surface area (TPSA) is 69.7 Å². The molecule has 1 aromatic carbocycles. The average molecular weight is 373 g/mol. The molecule has 1 aliphatic carbocycles. The molecule has 0 aromatic heterocycles. The number of nitrogens with one attached hydrogen (secondary N) is 1. The number of sulfonamides is 1. The molecule has 1 amide bonds. The normalized spacial score (nSPS) is 21.1. The van der Waals surface area contributed by atoms with Gasteiger partial charge in [-0.3, -0.25) is 9.69 Å². The van der Waals surface area contributed by atoms with E-state index in [0.29, 0.717) is 19.2 Å². The maximum Gasteiger partial charge on any atom is 0.243 e. The Morgan fingerprint density at radius 1 is 1.12 bits per heavy atom. The van der Waals surface area contributed by atoms with Crippen molar-refractivity contribution >= 4 is 15.9 Å². The fraction of sp³-hybridized carbons (Fsp3) is 0.562. The Balaban J connectivity index is 1.63. The van der Waals surface area contributed by atoms with Crippen LogP contribution in [0.4, 0.5) is 8.78 Å². The van der Waals surface area contributed by atoms with E-state index in [9.17, 15) is 22.0 Å². The second-order valence-corrected chi connectivity index (χ2v) is 8.44. The van der Waals surface area contributed by atoms with Gasteiger partial charge in [-0.25, -0.2) is 17.2 Å². The average Bonchev–Trinajstić information content (AvgIpc) is 3.37. The molecule has 1 unspecified atom stereocenters. The summed E-state index contributed by atoms with van der Waals surface area (Å²) in [5.74, 6) is -1.91. The van der Waals surface area contributed by atoms with Crippen LogP contribution in [0.15, 0.2) is 23.1 Å². The number of amides is 1. The molecule has 1 saturated carbocycles. The quantitative estimate of drug-likeness (QED) is 0.834. The third-order valence-corrected chi connectivity index (χ3v) is 6.47. The standard InChI is InChI=1S/C16H21F2N3O3S/c1-11(16(22)19-14-2-3-14)20-4-6-21(7-5-20)25(23,24)15-9-12(17)8-13(18)10-15/h8-11,14H,2-7H2,1H3,(H,19,22). The van der Waals surface area contributed by atoms with Gasteiger partial charge in [-0.15, -0.1) is 0 Å². The van der Waals surface area contributed by atoms with Crippen LogP contribution in [0.2, 0.25) is 0 Å². The van der Waals surface area contributed by atoms with Gasteiger partial charge in [0.05, 0.1) is 10.9 Å². The van der Waals surface area contributed by atoms with E-state index in [2.05, 4.69) is 5.32 Å². The van der Waals surface area contributed by atoms with Crippen LogP contribution >= 0.6 is 0 Å². The minimum Gasteiger partial charge on any atom is -0.352 e. The SMILES string of the molecule is CC(C(=O)NC1CC1)N1CCN(S(=O)(=O)c2cc(F)cc(F)c2)CC1. The van der Waals surface area contributed by atoms with Crippen LogP contribution < -0.4 is 5.32 Å². The fourth-order valence-corrected chi connectivity index (χ4v) is 4.34. The highest BCUT2D eigenvalue weighted by Crippen LogP contribution is 2.22. The molecule has 6 nitrogen and oxygen atoms in total. The van der Waals surface area contributed by atoms with E-state index in [-0.39, 0.29) is 31.1 Å². The Morgan fingerprint density at radius 2 is 1.68 bits per heavy atom. The highest BCUT2D eigenvalue weighted by molar-refractivity contribution is 7.89. The van der Waals surface area contributed by atoms with Crippen molar-refractivity contribution in [2.45, 2.75) is 36.7 Å². The summed E-state index contributed by atoms with van der Waals surface area (Å²) in [4.78, 5) is 13.6. The fourth-order valence-electron chi connectivity index (χ4n) is 2.87. The van der Waals surface area contributed by atoms with Gasteiger partial charge in [0.2, 0.25) is 15.9 Å². The van der Waals surface area contributed by atoms with Crippen molar-refractivity contribution < 1.29 is 22.0 Å². The first-order chi connectivity index (χ1) is 11.8. The largest absolute Gasteiger partial charge is 0.352 e. The minimum absolute atomic E-state index is 0.0500. The molecular formula is C16H21F2N3O3S. The van der Waals surface area contributed by atoms with Crippen LogP contribution in [0, 0.1) is 11.6 Å². The number of hydrogen-bond donors (Lipinski definition) is 1. The predicted molar refractivity (Wildman–Crippen MR) is 87.3 cm³/mol. The number of hydrogen-bond acceptors (Lipinski definition) is 4. The van der Waals surface area contributed by atoms with E-state index in [1.807, 2.05) is 4.90 Å². The summed E-state index contributed by atoms with van der Waals surface area (Å²) in [6.45, 7) is 2.90. The van der Waals surface area contributed by atoms with Crippen LogP contribution in [0.5, 0.6) is 0 Å². The molecule has 25 heavy (non-hydrogen) atoms. The van der Waals surface area contributed by atoms with E-state index >= 15 is 0 Å². The number of benzene rings is 1. The lowest BCUT2D eigenvalue weighted by Gasteiger charge is -2.36. The summed E-state index contributed by atoms with van der Waals surface area (Å²) in [5, 5.41) is 2.93. The summed E-state index contributed by atoms with van der Waals surface area (Å²) in [6.07, 6.45) is 2.02. The molecule has 1 N–H and O–H groups in total. The molecular weight excluding hydrogens is 352 g/mol. The first kappa shape index (κ1) is 18.2. The summed E-state index contributed by atoms with van der Waals surface area (Å²) in [6, 6.07) is 2.21. The van der Waals surface area contributed by atoms with Gasteiger partial charge < -0.3 is 5.32 Å². The predicted octanol–water partition coefficient (Wildman–Crippen LogP) is 0.938. The van der Waals surface area contributed by atoms with Gasteiger partial charge in [0.1, 0.15) is 11.6 Å². The number of rotatable bonds is 5. The summed E-state index contributed by atoms with van der Waals surface area (Å²) >= 11 is 0. The Bertz CT molecular complexity index is 740. The van der Waals surface area contributed by atoms with Gasteiger partial charge in [-0.05, 0) is 31.9 Å². The molecule has 9 heteroatoms. The molecule has 0 spiro atoms. The Morgan fingerprint density at radius 3 is 2.20 bits per heavy atom. The van der Waals surface area contributed by atoms with E-state index in [4.69, 9.17) is 0 Å². The Labute approximate surface area is 145 Å². The molecule has 1 atom stereocenters. The van der Waals surface area contributed by atoms with Crippen molar-refractivity contribution in [1.29, 1.82) is 0 Å². The lowest BCUT2D eigenvalue weighted by Crippen LogP contribution is -2.55. The van der Waals surface area contributed by atoms with Crippen molar-refractivity contribution in [1.82, 2.24) is 14.5 Å². The number of carbonyl (C=O) groups is 1. The second kappa shape index (κ2) is 6.97. The van der Waals surface area contributed by atoms with Crippen LogP contribution in [0.1, 0.15) is 19.8 Å². The first-order valence-electron chi connectivity index (χ1n) is 8.28. The lowest BCUT2D eigenvalue weighted by molar-refractivity contribution is -0.126. The monoisotopic (exact) mass is 373 g/mol. The summed E-state index contributed by atoms with van der Waals surface area (Å²) < 4.78 is 52.9. The number of nitrogens with zero attached hydrogens (tertiary/aromatic N) is 2. The zero-order valence-corrected chi connectivity index (χ0v) is 14.7. The van der Waals surface area contributed by atoms with E-state index in [0.717, 1.165) is 25.0 Å². The van der Waals surface area contributed by atoms with Crippen molar-refractivity contribution in [2.75, 3.05) is 26.2 Å². The smallest absolute Gasteiger partial charge is 0.243 e. The van der Waals surface area contributed by atoms with Crippen molar-refractivity contribution in [3.05, 3.63) is 29.8 Å². The first-order valence-corrected chi connectivity index (χ1v) is 9.72. The van der Waals surface area contributed by atoms with Crippen molar-refractivity contribution in [3.63, 3.8) is 0 Å². The summed E-state index contributed by atoms with van der Waals surface area (Å²) in [5.41, 5.74) is 0. The van der Waals surface area contributed by atoms with Gasteiger partial charge >= 0.3 is 0 Å². The van der Waals surface area contributed by atoms with Gasteiger partial charge in [0.15, 0.2) is 0 Å². The molecule has 0 radical (unpaired) electrons. The van der Waals surface area contributed by atoms with Crippen LogP contribution in [0.3, 0.4) is 0 Å². The molecule has 1 saturated heterocycles. The third-order valence-electron chi connectivity index (χ3n) is 4.60. The molecule has 138 valence electrons. The maximum absolute atomic E-state index is 13.3. The molecule has 1 heterocycles. The highest BCUT2D eigenvalue weighted by Gasteiger charge is 2.33. The second-order valence-electron chi connectivity index (χ2n) is 6.50. The number of carbonyl (C=O) groups excluding carboxylic acids is 1. The maximum atomic E-state index is 13.3. The Hall–Kier alpha value is -1.58. The molecule has 1 aliphatic heterocycles. The van der Waals surface area contributed by atoms with Gasteiger partial charge in [-0.2, -0.15) is 4.31 Å². The molecule has 3 rings (SSSR count). The third kappa shape index (κ3) is 4.16. The zero-order chi connectivity index (χ0) is 18.2. The summed E-state index contributed by atoms with van der Waals surface area (Å²) in [7, 11) is -3.96. The highest BCUT2D eigenvalue weighted by atomic mass is 32.2. The van der Waals surface area contributed by atoms with E-state index in [1.54, 1.807) is 6.92 Å². The van der Waals surface area contributed by atoms with Gasteiger partial charge in [0.25, 0.3) is 0 Å². The van der Waals surface area contributed by atoms with Gasteiger partial charge in [-0.1, -0.05) is 0 Å². The zero-order valence-electron chi connectivity index (χ0n) is 13.9. The molecule has 0 bridgehead atoms. The number of piperazine rings is 1. The van der Waals surface area contributed by atoms with E-state index < -0.39 is 26.6 Å². The van der Waals surface area contributed by atoms with Crippen LogP contribution in [-0.4, -0.2) is 61.8 Å². The molecule has 2 fully saturated rings. The molecule has 2 aliphatic rings. The Kier molecular flexibility index (Phi) is 5.08. The number of halogens is 2. The van der Waals surface area contributed by atoms with Crippen LogP contribution in [-0.2, 0) is 14.8 Å². The van der Waals surface area contributed by atoms with Crippen molar-refractivity contribution in [3.8, 4) is 0 Å². The van der Waals surface area contributed by atoms with E-state index in [1.165, 1.54) is 4.31 Å². The van der Waals surface area contributed by atoms with Crippen LogP contribution in [0.25, 0.3) is 0 Å². The van der Waals surface area contributed by atoms with Gasteiger partial charge in [0, 0.05) is 38.3 Å².